The maximum Gasteiger partial charge on any atom is 0.161 e. The molecule has 4 nitrogen and oxygen atoms in total. The highest BCUT2D eigenvalue weighted by molar-refractivity contribution is 5.43. The first kappa shape index (κ1) is 15.1. The van der Waals surface area contributed by atoms with E-state index < -0.39 is 0 Å². The monoisotopic (exact) mass is 279 g/mol. The van der Waals surface area contributed by atoms with Gasteiger partial charge in [-0.25, -0.2) is 0 Å². The molecule has 0 saturated carbocycles. The molecule has 1 aliphatic heterocycles. The molecule has 1 aliphatic rings. The molecule has 1 fully saturated rings. The summed E-state index contributed by atoms with van der Waals surface area (Å²) in [5.41, 5.74) is 1.25. The molecular weight excluding hydrogens is 254 g/mol. The minimum Gasteiger partial charge on any atom is -0.493 e. The van der Waals surface area contributed by atoms with E-state index in [9.17, 15) is 0 Å². The highest BCUT2D eigenvalue weighted by Gasteiger charge is 2.33. The Morgan fingerprint density at radius 1 is 1.20 bits per heavy atom. The van der Waals surface area contributed by atoms with Crippen molar-refractivity contribution in [3.05, 3.63) is 23.8 Å². The molecule has 1 heterocycles. The third-order valence-electron chi connectivity index (χ3n) is 4.36. The maximum absolute atomic E-state index is 6.08. The van der Waals surface area contributed by atoms with E-state index >= 15 is 0 Å². The molecule has 1 unspecified atom stereocenters. The smallest absolute Gasteiger partial charge is 0.161 e. The van der Waals surface area contributed by atoms with Crippen molar-refractivity contribution in [1.29, 1.82) is 0 Å². The average Bonchev–Trinajstić information content (AvgIpc) is 2.54. The van der Waals surface area contributed by atoms with Crippen LogP contribution in [0.15, 0.2) is 18.2 Å². The molecular formula is C16H25NO3. The normalized spacial score (nSPS) is 21.5. The van der Waals surface area contributed by atoms with Gasteiger partial charge in [0, 0.05) is 12.1 Å². The molecule has 2 rings (SSSR count). The zero-order valence-corrected chi connectivity index (χ0v) is 12.9. The van der Waals surface area contributed by atoms with E-state index in [1.165, 1.54) is 0 Å². The van der Waals surface area contributed by atoms with Crippen LogP contribution >= 0.6 is 0 Å². The number of hydrogen-bond acceptors (Lipinski definition) is 4. The molecule has 0 bridgehead atoms. The van der Waals surface area contributed by atoms with Crippen LogP contribution < -0.4 is 14.8 Å². The van der Waals surface area contributed by atoms with Crippen LogP contribution in [0.25, 0.3) is 0 Å². The topological polar surface area (TPSA) is 39.7 Å². The molecule has 0 spiro atoms. The summed E-state index contributed by atoms with van der Waals surface area (Å²) in [6, 6.07) is 5.97. The zero-order chi connectivity index (χ0) is 14.6. The van der Waals surface area contributed by atoms with Gasteiger partial charge in [-0.3, -0.25) is 0 Å². The summed E-state index contributed by atoms with van der Waals surface area (Å²) in [6.07, 6.45) is 2.24. The molecule has 1 aromatic rings. The van der Waals surface area contributed by atoms with Gasteiger partial charge in [0.25, 0.3) is 0 Å². The number of rotatable bonds is 5. The second kappa shape index (κ2) is 6.46. The fourth-order valence-electron chi connectivity index (χ4n) is 2.65. The fraction of sp³-hybridized carbons (Fsp3) is 0.625. The van der Waals surface area contributed by atoms with Crippen molar-refractivity contribution in [3.8, 4) is 11.5 Å². The Morgan fingerprint density at radius 3 is 2.40 bits per heavy atom. The second-order valence-corrected chi connectivity index (χ2v) is 5.28. The Labute approximate surface area is 121 Å². The van der Waals surface area contributed by atoms with Crippen LogP contribution in [0.4, 0.5) is 0 Å². The van der Waals surface area contributed by atoms with Crippen molar-refractivity contribution in [2.75, 3.05) is 27.4 Å². The Bertz CT molecular complexity index is 433. The van der Waals surface area contributed by atoms with E-state index in [2.05, 4.69) is 19.2 Å². The van der Waals surface area contributed by atoms with Crippen molar-refractivity contribution in [2.24, 2.45) is 0 Å². The first-order valence-electron chi connectivity index (χ1n) is 7.26. The summed E-state index contributed by atoms with van der Waals surface area (Å²) >= 11 is 0. The Morgan fingerprint density at radius 2 is 1.90 bits per heavy atom. The second-order valence-electron chi connectivity index (χ2n) is 5.28. The number of nitrogens with one attached hydrogen (secondary N) is 1. The van der Waals surface area contributed by atoms with Gasteiger partial charge in [0.15, 0.2) is 11.5 Å². The largest absolute Gasteiger partial charge is 0.493 e. The molecule has 0 aromatic heterocycles. The highest BCUT2D eigenvalue weighted by Crippen LogP contribution is 2.33. The molecule has 112 valence electrons. The SMILES string of the molecule is CCC1(CC)COC(c2ccc(OC)c(OC)c2)CN1. The lowest BCUT2D eigenvalue weighted by molar-refractivity contribution is -0.0375. The molecule has 0 aliphatic carbocycles. The molecule has 20 heavy (non-hydrogen) atoms. The van der Waals surface area contributed by atoms with Crippen molar-refractivity contribution in [3.63, 3.8) is 0 Å². The molecule has 0 radical (unpaired) electrons. The lowest BCUT2D eigenvalue weighted by Crippen LogP contribution is -2.54. The summed E-state index contributed by atoms with van der Waals surface area (Å²) in [7, 11) is 3.30. The standard InChI is InChI=1S/C16H25NO3/c1-5-16(6-2)11-20-15(10-17-16)12-7-8-13(18-3)14(9-12)19-4/h7-9,15,17H,5-6,10-11H2,1-4H3. The van der Waals surface area contributed by atoms with E-state index in [1.807, 2.05) is 18.2 Å². The summed E-state index contributed by atoms with van der Waals surface area (Å²) in [5, 5.41) is 3.65. The maximum atomic E-state index is 6.08. The van der Waals surface area contributed by atoms with Gasteiger partial charge in [-0.1, -0.05) is 19.9 Å². The number of ether oxygens (including phenoxy) is 3. The van der Waals surface area contributed by atoms with Crippen LogP contribution in [0.1, 0.15) is 38.4 Å². The van der Waals surface area contributed by atoms with E-state index in [4.69, 9.17) is 14.2 Å². The Balaban J connectivity index is 2.11. The molecule has 4 heteroatoms. The van der Waals surface area contributed by atoms with Crippen LogP contribution in [0.2, 0.25) is 0 Å². The predicted octanol–water partition coefficient (Wildman–Crippen LogP) is 2.92. The van der Waals surface area contributed by atoms with Gasteiger partial charge < -0.3 is 19.5 Å². The fourth-order valence-corrected chi connectivity index (χ4v) is 2.65. The van der Waals surface area contributed by atoms with Gasteiger partial charge in [0.05, 0.1) is 26.9 Å². The first-order valence-corrected chi connectivity index (χ1v) is 7.26. The Hall–Kier alpha value is -1.26. The lowest BCUT2D eigenvalue weighted by atomic mass is 9.91. The molecule has 1 saturated heterocycles. The van der Waals surface area contributed by atoms with Crippen LogP contribution in [0, 0.1) is 0 Å². The molecule has 1 aromatic carbocycles. The minimum atomic E-state index is 0.0704. The lowest BCUT2D eigenvalue weighted by Gasteiger charge is -2.40. The minimum absolute atomic E-state index is 0.0704. The Kier molecular flexibility index (Phi) is 4.89. The van der Waals surface area contributed by atoms with E-state index in [-0.39, 0.29) is 11.6 Å². The molecule has 1 atom stereocenters. The first-order chi connectivity index (χ1) is 9.68. The van der Waals surface area contributed by atoms with Crippen molar-refractivity contribution in [1.82, 2.24) is 5.32 Å². The van der Waals surface area contributed by atoms with Crippen LogP contribution in [0.3, 0.4) is 0 Å². The summed E-state index contributed by atoms with van der Waals surface area (Å²) in [4.78, 5) is 0. The number of hydrogen-bond donors (Lipinski definition) is 1. The van der Waals surface area contributed by atoms with Crippen molar-refractivity contribution >= 4 is 0 Å². The van der Waals surface area contributed by atoms with Gasteiger partial charge in [-0.2, -0.15) is 0 Å². The zero-order valence-electron chi connectivity index (χ0n) is 12.9. The molecule has 1 N–H and O–H groups in total. The summed E-state index contributed by atoms with van der Waals surface area (Å²) in [5.74, 6) is 1.49. The van der Waals surface area contributed by atoms with E-state index in [0.29, 0.717) is 0 Å². The summed E-state index contributed by atoms with van der Waals surface area (Å²) < 4.78 is 16.7. The van der Waals surface area contributed by atoms with Crippen LogP contribution in [-0.2, 0) is 4.74 Å². The number of methoxy groups -OCH3 is 2. The van der Waals surface area contributed by atoms with Gasteiger partial charge in [-0.05, 0) is 30.5 Å². The third-order valence-corrected chi connectivity index (χ3v) is 4.36. The third kappa shape index (κ3) is 2.91. The van der Waals surface area contributed by atoms with Crippen LogP contribution in [0.5, 0.6) is 11.5 Å². The number of benzene rings is 1. The van der Waals surface area contributed by atoms with Gasteiger partial charge in [-0.15, -0.1) is 0 Å². The van der Waals surface area contributed by atoms with Crippen molar-refractivity contribution in [2.45, 2.75) is 38.3 Å². The quantitative estimate of drug-likeness (QED) is 0.899. The number of morpholine rings is 1. The van der Waals surface area contributed by atoms with Gasteiger partial charge in [0.2, 0.25) is 0 Å². The van der Waals surface area contributed by atoms with E-state index in [1.54, 1.807) is 14.2 Å². The molecule has 0 amide bonds. The summed E-state index contributed by atoms with van der Waals surface area (Å²) in [6.45, 7) is 5.99. The van der Waals surface area contributed by atoms with E-state index in [0.717, 1.165) is 43.1 Å². The van der Waals surface area contributed by atoms with Crippen molar-refractivity contribution < 1.29 is 14.2 Å². The van der Waals surface area contributed by atoms with Gasteiger partial charge >= 0.3 is 0 Å². The average molecular weight is 279 g/mol. The van der Waals surface area contributed by atoms with Gasteiger partial charge in [0.1, 0.15) is 0 Å². The highest BCUT2D eigenvalue weighted by atomic mass is 16.5. The predicted molar refractivity (Wildman–Crippen MR) is 79.6 cm³/mol. The van der Waals surface area contributed by atoms with Crippen LogP contribution in [-0.4, -0.2) is 32.9 Å².